The Morgan fingerprint density at radius 1 is 1.31 bits per heavy atom. The molecule has 0 bridgehead atoms. The van der Waals surface area contributed by atoms with Crippen LogP contribution in [0.3, 0.4) is 0 Å². The van der Waals surface area contributed by atoms with Gasteiger partial charge in [-0.2, -0.15) is 0 Å². The van der Waals surface area contributed by atoms with Crippen LogP contribution in [0.5, 0.6) is 5.75 Å². The molecule has 0 aliphatic heterocycles. The normalized spacial score (nSPS) is 17.4. The fourth-order valence-corrected chi connectivity index (χ4v) is 1.55. The molecule has 0 amide bonds. The zero-order valence-electron chi connectivity index (χ0n) is 6.36. The van der Waals surface area contributed by atoms with Crippen LogP contribution in [0, 0.1) is 0 Å². The Bertz CT molecular complexity index is 351. The number of rotatable bonds is 3. The average molecular weight is 222 g/mol. The van der Waals surface area contributed by atoms with E-state index < -0.39 is 17.5 Å². The van der Waals surface area contributed by atoms with Crippen LogP contribution in [0.1, 0.15) is 0 Å². The SMILES string of the molecule is O=S(O)P(=O)(O)Oc1ccccc1. The maximum atomic E-state index is 10.9. The standard InChI is InChI=1S/C6H7O5PS/c7-12(8,13(9)10)11-6-4-2-1-3-5-6/h1-5H,(H,7,8)(H,9,10). The first-order valence-corrected chi connectivity index (χ1v) is 6.50. The van der Waals surface area contributed by atoms with E-state index in [0.717, 1.165) is 0 Å². The molecular weight excluding hydrogens is 215 g/mol. The third kappa shape index (κ3) is 2.93. The summed E-state index contributed by atoms with van der Waals surface area (Å²) in [7, 11) is -2.89. The molecule has 0 aliphatic carbocycles. The summed E-state index contributed by atoms with van der Waals surface area (Å²) in [5.74, 6) is 0.0794. The molecule has 5 nitrogen and oxygen atoms in total. The molecule has 0 saturated heterocycles. The van der Waals surface area contributed by atoms with E-state index in [1.807, 2.05) is 0 Å². The Balaban J connectivity index is 2.82. The van der Waals surface area contributed by atoms with E-state index in [4.69, 9.17) is 9.45 Å². The van der Waals surface area contributed by atoms with Crippen molar-refractivity contribution in [3.63, 3.8) is 0 Å². The highest BCUT2D eigenvalue weighted by atomic mass is 32.8. The van der Waals surface area contributed by atoms with Gasteiger partial charge in [0.05, 0.1) is 0 Å². The molecule has 0 aliphatic rings. The number of hydrogen-bond acceptors (Lipinski definition) is 3. The third-order valence-electron chi connectivity index (χ3n) is 1.16. The van der Waals surface area contributed by atoms with Crippen molar-refractivity contribution in [1.29, 1.82) is 0 Å². The van der Waals surface area contributed by atoms with Crippen molar-refractivity contribution in [1.82, 2.24) is 0 Å². The van der Waals surface area contributed by atoms with Crippen molar-refractivity contribution in [3.8, 4) is 5.75 Å². The molecule has 0 saturated carbocycles. The van der Waals surface area contributed by atoms with Crippen LogP contribution in [0.4, 0.5) is 0 Å². The van der Waals surface area contributed by atoms with Crippen LogP contribution < -0.4 is 4.52 Å². The number of hydrogen-bond donors (Lipinski definition) is 2. The summed E-state index contributed by atoms with van der Waals surface area (Å²) in [4.78, 5) is 8.83. The van der Waals surface area contributed by atoms with E-state index in [-0.39, 0.29) is 5.75 Å². The summed E-state index contributed by atoms with van der Waals surface area (Å²) < 4.78 is 34.0. The number of benzene rings is 1. The molecule has 1 aromatic rings. The molecule has 0 fully saturated rings. The first-order valence-electron chi connectivity index (χ1n) is 3.21. The highest BCUT2D eigenvalue weighted by molar-refractivity contribution is 8.42. The van der Waals surface area contributed by atoms with E-state index in [9.17, 15) is 8.77 Å². The Kier molecular flexibility index (Phi) is 3.22. The van der Waals surface area contributed by atoms with Gasteiger partial charge in [0.1, 0.15) is 5.75 Å². The first kappa shape index (κ1) is 10.4. The van der Waals surface area contributed by atoms with Gasteiger partial charge in [0, 0.05) is 0 Å². The van der Waals surface area contributed by atoms with Crippen molar-refractivity contribution >= 4 is 17.5 Å². The molecule has 2 N–H and O–H groups in total. The van der Waals surface area contributed by atoms with Gasteiger partial charge >= 0.3 is 6.80 Å². The van der Waals surface area contributed by atoms with E-state index in [1.54, 1.807) is 18.2 Å². The molecule has 7 heteroatoms. The van der Waals surface area contributed by atoms with Crippen LogP contribution in [-0.4, -0.2) is 13.7 Å². The smallest absolute Gasteiger partial charge is 0.414 e. The van der Waals surface area contributed by atoms with Crippen LogP contribution >= 0.6 is 6.80 Å². The average Bonchev–Trinajstić information content (AvgIpc) is 2.05. The van der Waals surface area contributed by atoms with Gasteiger partial charge in [0.2, 0.25) is 0 Å². The lowest BCUT2D eigenvalue weighted by molar-refractivity contribution is 0.394. The van der Waals surface area contributed by atoms with Crippen LogP contribution in [0.2, 0.25) is 0 Å². The topological polar surface area (TPSA) is 83.8 Å². The Labute approximate surface area is 76.9 Å². The molecule has 1 aromatic carbocycles. The summed E-state index contributed by atoms with van der Waals surface area (Å²) in [5.41, 5.74) is 0. The molecule has 1 rings (SSSR count). The Hall–Kier alpha value is -0.680. The van der Waals surface area contributed by atoms with Gasteiger partial charge < -0.3 is 9.42 Å². The largest absolute Gasteiger partial charge is 0.493 e. The minimum absolute atomic E-state index is 0.0794. The second kappa shape index (κ2) is 4.02. The number of para-hydroxylation sites is 1. The van der Waals surface area contributed by atoms with Crippen molar-refractivity contribution in [2.45, 2.75) is 0 Å². The minimum Gasteiger partial charge on any atom is -0.414 e. The molecule has 2 atom stereocenters. The lowest BCUT2D eigenvalue weighted by Crippen LogP contribution is -1.97. The molecule has 0 spiro atoms. The summed E-state index contributed by atoms with van der Waals surface area (Å²) in [6.07, 6.45) is 0. The monoisotopic (exact) mass is 222 g/mol. The van der Waals surface area contributed by atoms with E-state index in [1.165, 1.54) is 12.1 Å². The van der Waals surface area contributed by atoms with Gasteiger partial charge in [0.15, 0.2) is 0 Å². The zero-order valence-corrected chi connectivity index (χ0v) is 8.07. The maximum Gasteiger partial charge on any atom is 0.493 e. The van der Waals surface area contributed by atoms with Crippen LogP contribution in [0.15, 0.2) is 30.3 Å². The fraction of sp³-hybridized carbons (Fsp3) is 0. The third-order valence-corrected chi connectivity index (χ3v) is 3.41. The van der Waals surface area contributed by atoms with Crippen molar-refractivity contribution in [2.24, 2.45) is 0 Å². The maximum absolute atomic E-state index is 10.9. The summed E-state index contributed by atoms with van der Waals surface area (Å²) >= 11 is 0. The highest BCUT2D eigenvalue weighted by Crippen LogP contribution is 2.45. The van der Waals surface area contributed by atoms with Gasteiger partial charge in [0.25, 0.3) is 10.7 Å². The molecule has 72 valence electrons. The lowest BCUT2D eigenvalue weighted by Gasteiger charge is -2.08. The predicted octanol–water partition coefficient (Wildman–Crippen LogP) is 1.39. The van der Waals surface area contributed by atoms with Crippen molar-refractivity contribution in [3.05, 3.63) is 30.3 Å². The summed E-state index contributed by atoms with van der Waals surface area (Å²) in [5, 5.41) is 0. The lowest BCUT2D eigenvalue weighted by atomic mass is 10.3. The fourth-order valence-electron chi connectivity index (χ4n) is 0.646. The molecule has 0 heterocycles. The van der Waals surface area contributed by atoms with E-state index >= 15 is 0 Å². The van der Waals surface area contributed by atoms with Crippen LogP contribution in [-0.2, 0) is 15.3 Å². The Morgan fingerprint density at radius 3 is 2.31 bits per heavy atom. The predicted molar refractivity (Wildman–Crippen MR) is 47.7 cm³/mol. The van der Waals surface area contributed by atoms with Gasteiger partial charge in [-0.1, -0.05) is 18.2 Å². The molecular formula is C6H7O5PS. The minimum atomic E-state index is -4.46. The van der Waals surface area contributed by atoms with Crippen molar-refractivity contribution < 1.29 is 22.7 Å². The zero-order chi connectivity index (χ0) is 9.90. The molecule has 0 aromatic heterocycles. The van der Waals surface area contributed by atoms with Gasteiger partial charge in [-0.05, 0) is 12.1 Å². The van der Waals surface area contributed by atoms with E-state index in [0.29, 0.717) is 0 Å². The van der Waals surface area contributed by atoms with Gasteiger partial charge in [-0.15, -0.1) is 0 Å². The second-order valence-corrected chi connectivity index (χ2v) is 6.01. The highest BCUT2D eigenvalue weighted by Gasteiger charge is 2.29. The first-order chi connectivity index (χ1) is 6.02. The summed E-state index contributed by atoms with van der Waals surface area (Å²) in [6.45, 7) is -4.46. The molecule has 0 radical (unpaired) electrons. The van der Waals surface area contributed by atoms with Gasteiger partial charge in [-0.3, -0.25) is 4.55 Å². The second-order valence-electron chi connectivity index (χ2n) is 2.10. The quantitative estimate of drug-likeness (QED) is 0.596. The van der Waals surface area contributed by atoms with Crippen LogP contribution in [0.25, 0.3) is 0 Å². The van der Waals surface area contributed by atoms with Crippen molar-refractivity contribution in [2.75, 3.05) is 0 Å². The van der Waals surface area contributed by atoms with Gasteiger partial charge in [-0.25, -0.2) is 8.77 Å². The van der Waals surface area contributed by atoms with E-state index in [2.05, 4.69) is 4.52 Å². The Morgan fingerprint density at radius 2 is 1.85 bits per heavy atom. The molecule has 2 unspecified atom stereocenters. The summed E-state index contributed by atoms with van der Waals surface area (Å²) in [6, 6.07) is 7.67. The molecule has 13 heavy (non-hydrogen) atoms.